The molecule has 1 heterocycles. The lowest BCUT2D eigenvalue weighted by atomic mass is 9.83. The number of carbonyl (C=O) groups is 2. The quantitative estimate of drug-likeness (QED) is 0.904. The van der Waals surface area contributed by atoms with Crippen LogP contribution in [0.5, 0.6) is 0 Å². The van der Waals surface area contributed by atoms with E-state index in [2.05, 4.69) is 6.92 Å². The molecule has 3 rings (SSSR count). The molecule has 1 fully saturated rings. The summed E-state index contributed by atoms with van der Waals surface area (Å²) in [6, 6.07) is 13.7. The summed E-state index contributed by atoms with van der Waals surface area (Å²) in [7, 11) is 0. The van der Waals surface area contributed by atoms with Gasteiger partial charge in [0.1, 0.15) is 0 Å². The van der Waals surface area contributed by atoms with Crippen LogP contribution in [0.25, 0.3) is 10.8 Å². The number of carbonyl (C=O) groups excluding carboxylic acids is 1. The average Bonchev–Trinajstić information content (AvgIpc) is 2.59. The van der Waals surface area contributed by atoms with E-state index < -0.39 is 11.9 Å². The van der Waals surface area contributed by atoms with Gasteiger partial charge in [-0.2, -0.15) is 0 Å². The predicted octanol–water partition coefficient (Wildman–Crippen LogP) is 4.00. The molecule has 1 aliphatic heterocycles. The lowest BCUT2D eigenvalue weighted by Crippen LogP contribution is -2.45. The van der Waals surface area contributed by atoms with Gasteiger partial charge in [-0.3, -0.25) is 9.59 Å². The zero-order valence-electron chi connectivity index (χ0n) is 13.9. The zero-order valence-corrected chi connectivity index (χ0v) is 13.9. The van der Waals surface area contributed by atoms with Gasteiger partial charge in [-0.05, 0) is 35.2 Å². The highest BCUT2D eigenvalue weighted by Gasteiger charge is 2.40. The Morgan fingerprint density at radius 3 is 2.67 bits per heavy atom. The van der Waals surface area contributed by atoms with Crippen LogP contribution < -0.4 is 0 Å². The third-order valence-electron chi connectivity index (χ3n) is 4.89. The monoisotopic (exact) mass is 325 g/mol. The van der Waals surface area contributed by atoms with Crippen LogP contribution in [0.1, 0.15) is 44.2 Å². The van der Waals surface area contributed by atoms with Gasteiger partial charge in [0.25, 0.3) is 0 Å². The average molecular weight is 325 g/mol. The number of likely N-dealkylation sites (tertiary alicyclic amines) is 1. The van der Waals surface area contributed by atoms with Crippen molar-refractivity contribution < 1.29 is 14.7 Å². The third kappa shape index (κ3) is 3.14. The Hall–Kier alpha value is -2.36. The fraction of sp³-hybridized carbons (Fsp3) is 0.400. The van der Waals surface area contributed by atoms with Crippen LogP contribution in [-0.4, -0.2) is 28.4 Å². The summed E-state index contributed by atoms with van der Waals surface area (Å²) in [6.45, 7) is 2.70. The summed E-state index contributed by atoms with van der Waals surface area (Å²) < 4.78 is 0. The molecule has 0 radical (unpaired) electrons. The van der Waals surface area contributed by atoms with Gasteiger partial charge < -0.3 is 10.0 Å². The van der Waals surface area contributed by atoms with Crippen molar-refractivity contribution in [3.05, 3.63) is 48.0 Å². The molecular weight excluding hydrogens is 302 g/mol. The molecule has 0 aromatic heterocycles. The van der Waals surface area contributed by atoms with Crippen molar-refractivity contribution >= 4 is 22.6 Å². The molecular formula is C20H23NO3. The van der Waals surface area contributed by atoms with Gasteiger partial charge in [-0.25, -0.2) is 0 Å². The van der Waals surface area contributed by atoms with E-state index in [0.717, 1.165) is 29.2 Å². The van der Waals surface area contributed by atoms with Crippen molar-refractivity contribution in [1.29, 1.82) is 0 Å². The molecule has 4 heteroatoms. The second-order valence-corrected chi connectivity index (χ2v) is 6.48. The molecule has 2 aromatic rings. The topological polar surface area (TPSA) is 57.6 Å². The van der Waals surface area contributed by atoms with Gasteiger partial charge in [0.05, 0.1) is 12.0 Å². The molecule has 0 spiro atoms. The van der Waals surface area contributed by atoms with Crippen molar-refractivity contribution in [3.63, 3.8) is 0 Å². The number of piperidine rings is 1. The van der Waals surface area contributed by atoms with E-state index >= 15 is 0 Å². The van der Waals surface area contributed by atoms with E-state index in [0.29, 0.717) is 19.4 Å². The number of benzene rings is 2. The van der Waals surface area contributed by atoms with Gasteiger partial charge in [-0.15, -0.1) is 0 Å². The Morgan fingerprint density at radius 1 is 1.21 bits per heavy atom. The Bertz CT molecular complexity index is 755. The number of unbranched alkanes of at least 4 members (excludes halogenated alkanes) is 1. The number of rotatable bonds is 5. The molecule has 2 unspecified atom stereocenters. The van der Waals surface area contributed by atoms with Crippen LogP contribution >= 0.6 is 0 Å². The van der Waals surface area contributed by atoms with Crippen molar-refractivity contribution in [2.24, 2.45) is 5.92 Å². The summed E-state index contributed by atoms with van der Waals surface area (Å²) in [5, 5.41) is 11.9. The van der Waals surface area contributed by atoms with Gasteiger partial charge >= 0.3 is 5.97 Å². The Kier molecular flexibility index (Phi) is 4.84. The first-order valence-corrected chi connectivity index (χ1v) is 8.62. The SMILES string of the molecule is CCCCN1C(=O)CCC(C(=O)O)C1c1ccc2ccccc2c1. The Morgan fingerprint density at radius 2 is 1.96 bits per heavy atom. The maximum absolute atomic E-state index is 12.4. The van der Waals surface area contributed by atoms with Gasteiger partial charge in [0.15, 0.2) is 0 Å². The first kappa shape index (κ1) is 16.5. The molecule has 24 heavy (non-hydrogen) atoms. The van der Waals surface area contributed by atoms with E-state index in [1.807, 2.05) is 42.5 Å². The normalized spacial score (nSPS) is 21.2. The number of carboxylic acids is 1. The van der Waals surface area contributed by atoms with Gasteiger partial charge in [0, 0.05) is 13.0 Å². The molecule has 2 atom stereocenters. The van der Waals surface area contributed by atoms with Crippen molar-refractivity contribution in [2.75, 3.05) is 6.54 Å². The van der Waals surface area contributed by atoms with E-state index in [9.17, 15) is 14.7 Å². The summed E-state index contributed by atoms with van der Waals surface area (Å²) in [5.74, 6) is -1.29. The summed E-state index contributed by atoms with van der Waals surface area (Å²) >= 11 is 0. The molecule has 0 saturated carbocycles. The first-order valence-electron chi connectivity index (χ1n) is 8.62. The molecule has 1 aliphatic rings. The highest BCUT2D eigenvalue weighted by Crippen LogP contribution is 2.38. The van der Waals surface area contributed by atoms with E-state index in [-0.39, 0.29) is 11.9 Å². The number of carboxylic acid groups (broad SMARTS) is 1. The molecule has 4 nitrogen and oxygen atoms in total. The predicted molar refractivity (Wildman–Crippen MR) is 93.7 cm³/mol. The highest BCUT2D eigenvalue weighted by molar-refractivity contribution is 5.85. The van der Waals surface area contributed by atoms with E-state index in [4.69, 9.17) is 0 Å². The maximum Gasteiger partial charge on any atom is 0.308 e. The number of fused-ring (bicyclic) bond motifs is 1. The van der Waals surface area contributed by atoms with Crippen LogP contribution in [0.3, 0.4) is 0 Å². The fourth-order valence-electron chi connectivity index (χ4n) is 3.61. The molecule has 126 valence electrons. The molecule has 1 N–H and O–H groups in total. The van der Waals surface area contributed by atoms with E-state index in [1.165, 1.54) is 0 Å². The number of hydrogen-bond acceptors (Lipinski definition) is 2. The molecule has 1 amide bonds. The van der Waals surface area contributed by atoms with Gasteiger partial charge in [0.2, 0.25) is 5.91 Å². The number of hydrogen-bond donors (Lipinski definition) is 1. The van der Waals surface area contributed by atoms with E-state index in [1.54, 1.807) is 4.90 Å². The largest absolute Gasteiger partial charge is 0.481 e. The lowest BCUT2D eigenvalue weighted by molar-refractivity contribution is -0.152. The van der Waals surface area contributed by atoms with Crippen LogP contribution in [0, 0.1) is 5.92 Å². The smallest absolute Gasteiger partial charge is 0.308 e. The summed E-state index contributed by atoms with van der Waals surface area (Å²) in [5.41, 5.74) is 0.922. The molecule has 1 saturated heterocycles. The minimum absolute atomic E-state index is 0.0686. The Labute approximate surface area is 142 Å². The molecule has 0 bridgehead atoms. The third-order valence-corrected chi connectivity index (χ3v) is 4.89. The summed E-state index contributed by atoms with van der Waals surface area (Å²) in [6.07, 6.45) is 2.60. The summed E-state index contributed by atoms with van der Waals surface area (Å²) in [4.78, 5) is 26.0. The first-order chi connectivity index (χ1) is 11.6. The van der Waals surface area contributed by atoms with Crippen LogP contribution in [0.2, 0.25) is 0 Å². The van der Waals surface area contributed by atoms with Crippen molar-refractivity contribution in [2.45, 2.75) is 38.6 Å². The number of nitrogens with zero attached hydrogens (tertiary/aromatic N) is 1. The molecule has 2 aromatic carbocycles. The van der Waals surface area contributed by atoms with Crippen LogP contribution in [-0.2, 0) is 9.59 Å². The minimum Gasteiger partial charge on any atom is -0.481 e. The lowest BCUT2D eigenvalue weighted by Gasteiger charge is -2.40. The van der Waals surface area contributed by atoms with Crippen LogP contribution in [0.15, 0.2) is 42.5 Å². The van der Waals surface area contributed by atoms with Crippen molar-refractivity contribution in [1.82, 2.24) is 4.90 Å². The Balaban J connectivity index is 2.04. The number of aliphatic carboxylic acids is 1. The van der Waals surface area contributed by atoms with Gasteiger partial charge in [-0.1, -0.05) is 49.7 Å². The second kappa shape index (κ2) is 7.04. The standard InChI is InChI=1S/C20H23NO3/c1-2-3-12-21-18(22)11-10-17(20(23)24)19(21)16-9-8-14-6-4-5-7-15(14)13-16/h4-9,13,17,19H,2-3,10-12H2,1H3,(H,23,24). The number of amides is 1. The fourth-order valence-corrected chi connectivity index (χ4v) is 3.61. The maximum atomic E-state index is 12.4. The minimum atomic E-state index is -0.817. The van der Waals surface area contributed by atoms with Crippen LogP contribution in [0.4, 0.5) is 0 Å². The zero-order chi connectivity index (χ0) is 17.1. The van der Waals surface area contributed by atoms with Crippen molar-refractivity contribution in [3.8, 4) is 0 Å². The highest BCUT2D eigenvalue weighted by atomic mass is 16.4. The second-order valence-electron chi connectivity index (χ2n) is 6.48. The molecule has 0 aliphatic carbocycles.